The Bertz CT molecular complexity index is 1320. The Balaban J connectivity index is 1.38. The molecule has 0 saturated carbocycles. The number of nitrogens with one attached hydrogen (secondary N) is 2. The Morgan fingerprint density at radius 1 is 1.14 bits per heavy atom. The summed E-state index contributed by atoms with van der Waals surface area (Å²) in [7, 11) is 0. The van der Waals surface area contributed by atoms with Gasteiger partial charge in [-0.1, -0.05) is 46.6 Å². The van der Waals surface area contributed by atoms with Gasteiger partial charge in [-0.3, -0.25) is 4.79 Å². The SMILES string of the molecule is CCCOc1ccc(Br)cc1/C=N\NC(=O)c1ccc(-c2csc(Nc3ccc(Cl)cc3)n2)cc1. The quantitative estimate of drug-likeness (QED) is 0.161. The van der Waals surface area contributed by atoms with Crippen molar-refractivity contribution in [2.75, 3.05) is 11.9 Å². The predicted molar refractivity (Wildman–Crippen MR) is 147 cm³/mol. The Labute approximate surface area is 221 Å². The minimum absolute atomic E-state index is 0.304. The lowest BCUT2D eigenvalue weighted by Gasteiger charge is -2.08. The van der Waals surface area contributed by atoms with Gasteiger partial charge >= 0.3 is 0 Å². The highest BCUT2D eigenvalue weighted by atomic mass is 79.9. The van der Waals surface area contributed by atoms with Crippen LogP contribution in [0, 0.1) is 0 Å². The van der Waals surface area contributed by atoms with Gasteiger partial charge in [0.1, 0.15) is 5.75 Å². The largest absolute Gasteiger partial charge is 0.493 e. The molecule has 0 radical (unpaired) electrons. The summed E-state index contributed by atoms with van der Waals surface area (Å²) in [6.45, 7) is 2.66. The van der Waals surface area contributed by atoms with Gasteiger partial charge < -0.3 is 10.1 Å². The van der Waals surface area contributed by atoms with Gasteiger partial charge in [0, 0.05) is 37.3 Å². The molecule has 1 heterocycles. The zero-order chi connectivity index (χ0) is 24.6. The van der Waals surface area contributed by atoms with Gasteiger partial charge in [-0.2, -0.15) is 5.10 Å². The first-order chi connectivity index (χ1) is 17.0. The second-order valence-electron chi connectivity index (χ2n) is 7.48. The Hall–Kier alpha value is -3.20. The van der Waals surface area contributed by atoms with E-state index in [4.69, 9.17) is 16.3 Å². The lowest BCUT2D eigenvalue weighted by atomic mass is 10.1. The van der Waals surface area contributed by atoms with Crippen LogP contribution in [-0.4, -0.2) is 23.7 Å². The van der Waals surface area contributed by atoms with Crippen LogP contribution < -0.4 is 15.5 Å². The number of anilines is 2. The van der Waals surface area contributed by atoms with E-state index in [1.165, 1.54) is 11.3 Å². The van der Waals surface area contributed by atoms with Crippen LogP contribution in [0.25, 0.3) is 11.3 Å². The standard InChI is InChI=1S/C26H22BrClN4O2S/c1-2-13-34-24-12-7-20(27)14-19(24)15-29-32-25(33)18-5-3-17(4-6-18)23-16-35-26(31-23)30-22-10-8-21(28)9-11-22/h3-12,14-16H,2,13H2,1H3,(H,30,31)(H,32,33)/b29-15-. The fourth-order valence-electron chi connectivity index (χ4n) is 3.10. The summed E-state index contributed by atoms with van der Waals surface area (Å²) in [5.74, 6) is 0.410. The van der Waals surface area contributed by atoms with Gasteiger partial charge in [0.2, 0.25) is 0 Å². The molecule has 0 aliphatic rings. The van der Waals surface area contributed by atoms with Crippen molar-refractivity contribution in [3.63, 3.8) is 0 Å². The first-order valence-corrected chi connectivity index (χ1v) is 12.9. The van der Waals surface area contributed by atoms with E-state index in [0.717, 1.165) is 38.5 Å². The maximum atomic E-state index is 12.5. The molecule has 0 spiro atoms. The van der Waals surface area contributed by atoms with Crippen LogP contribution >= 0.6 is 38.9 Å². The third kappa shape index (κ3) is 6.91. The van der Waals surface area contributed by atoms with Crippen molar-refractivity contribution in [2.45, 2.75) is 13.3 Å². The number of hydrazone groups is 1. The van der Waals surface area contributed by atoms with Crippen molar-refractivity contribution >= 4 is 61.8 Å². The molecular weight excluding hydrogens is 548 g/mol. The van der Waals surface area contributed by atoms with E-state index < -0.39 is 0 Å². The van der Waals surface area contributed by atoms with Gasteiger partial charge in [0.05, 0.1) is 18.5 Å². The highest BCUT2D eigenvalue weighted by Gasteiger charge is 2.09. The summed E-state index contributed by atoms with van der Waals surface area (Å²) in [5.41, 5.74) is 6.49. The maximum Gasteiger partial charge on any atom is 0.271 e. The molecule has 0 bridgehead atoms. The van der Waals surface area contributed by atoms with E-state index >= 15 is 0 Å². The number of amides is 1. The number of carbonyl (C=O) groups is 1. The number of carbonyl (C=O) groups excluding carboxylic acids is 1. The average Bonchev–Trinajstić information content (AvgIpc) is 3.33. The summed E-state index contributed by atoms with van der Waals surface area (Å²) >= 11 is 10.9. The van der Waals surface area contributed by atoms with E-state index in [0.29, 0.717) is 22.9 Å². The van der Waals surface area contributed by atoms with E-state index in [2.05, 4.69) is 36.8 Å². The minimum Gasteiger partial charge on any atom is -0.493 e. The predicted octanol–water partition coefficient (Wildman–Crippen LogP) is 7.52. The van der Waals surface area contributed by atoms with Gasteiger partial charge in [-0.25, -0.2) is 10.4 Å². The first-order valence-electron chi connectivity index (χ1n) is 10.9. The van der Waals surface area contributed by atoms with Crippen LogP contribution in [0.5, 0.6) is 5.75 Å². The summed E-state index contributed by atoms with van der Waals surface area (Å²) in [5, 5.41) is 10.8. The van der Waals surface area contributed by atoms with Gasteiger partial charge in [0.15, 0.2) is 5.13 Å². The third-order valence-electron chi connectivity index (χ3n) is 4.85. The summed E-state index contributed by atoms with van der Waals surface area (Å²) in [6, 6.07) is 20.3. The number of aromatic nitrogens is 1. The van der Waals surface area contributed by atoms with Crippen LogP contribution in [0.15, 0.2) is 81.7 Å². The number of nitrogens with zero attached hydrogens (tertiary/aromatic N) is 2. The first kappa shape index (κ1) is 24.9. The number of thiazole rings is 1. The fourth-order valence-corrected chi connectivity index (χ4v) is 4.35. The second kappa shape index (κ2) is 12.0. The van der Waals surface area contributed by atoms with Crippen LogP contribution in [0.2, 0.25) is 5.02 Å². The number of ether oxygens (including phenoxy) is 1. The number of rotatable bonds is 9. The van der Waals surface area contributed by atoms with Crippen molar-refractivity contribution in [1.82, 2.24) is 10.4 Å². The highest BCUT2D eigenvalue weighted by Crippen LogP contribution is 2.28. The molecule has 0 atom stereocenters. The monoisotopic (exact) mass is 568 g/mol. The van der Waals surface area contributed by atoms with Crippen LogP contribution in [0.3, 0.4) is 0 Å². The zero-order valence-corrected chi connectivity index (χ0v) is 22.0. The van der Waals surface area contributed by atoms with E-state index in [9.17, 15) is 4.79 Å². The molecule has 1 amide bonds. The molecule has 178 valence electrons. The molecule has 0 fully saturated rings. The molecule has 4 aromatic rings. The summed E-state index contributed by atoms with van der Waals surface area (Å²) < 4.78 is 6.64. The normalized spacial score (nSPS) is 10.9. The molecule has 0 aliphatic carbocycles. The highest BCUT2D eigenvalue weighted by molar-refractivity contribution is 9.10. The topological polar surface area (TPSA) is 75.6 Å². The van der Waals surface area contributed by atoms with Crippen LogP contribution in [0.4, 0.5) is 10.8 Å². The molecule has 3 aromatic carbocycles. The average molecular weight is 570 g/mol. The minimum atomic E-state index is -0.304. The van der Waals surface area contributed by atoms with Crippen molar-refractivity contribution in [3.8, 4) is 17.0 Å². The number of halogens is 2. The molecule has 6 nitrogen and oxygen atoms in total. The van der Waals surface area contributed by atoms with Gasteiger partial charge in [0.25, 0.3) is 5.91 Å². The van der Waals surface area contributed by atoms with E-state index in [1.807, 2.05) is 66.9 Å². The summed E-state index contributed by atoms with van der Waals surface area (Å²) in [4.78, 5) is 17.2. The van der Waals surface area contributed by atoms with Crippen LogP contribution in [0.1, 0.15) is 29.3 Å². The second-order valence-corrected chi connectivity index (χ2v) is 9.69. The Morgan fingerprint density at radius 2 is 1.91 bits per heavy atom. The number of benzene rings is 3. The van der Waals surface area contributed by atoms with Gasteiger partial charge in [-0.05, 0) is 61.0 Å². The molecule has 2 N–H and O–H groups in total. The third-order valence-corrected chi connectivity index (χ3v) is 6.35. The molecule has 0 unspecified atom stereocenters. The lowest BCUT2D eigenvalue weighted by Crippen LogP contribution is -2.17. The zero-order valence-electron chi connectivity index (χ0n) is 18.8. The van der Waals surface area contributed by atoms with Crippen molar-refractivity contribution in [3.05, 3.63) is 92.7 Å². The van der Waals surface area contributed by atoms with Crippen molar-refractivity contribution < 1.29 is 9.53 Å². The molecule has 9 heteroatoms. The molecule has 0 aliphatic heterocycles. The number of hydrogen-bond acceptors (Lipinski definition) is 6. The van der Waals surface area contributed by atoms with Crippen LogP contribution in [-0.2, 0) is 0 Å². The number of hydrogen-bond donors (Lipinski definition) is 2. The maximum absolute atomic E-state index is 12.5. The molecule has 1 aromatic heterocycles. The molecular formula is C26H22BrClN4O2S. The summed E-state index contributed by atoms with van der Waals surface area (Å²) in [6.07, 6.45) is 2.48. The fraction of sp³-hybridized carbons (Fsp3) is 0.115. The lowest BCUT2D eigenvalue weighted by molar-refractivity contribution is 0.0955. The molecule has 0 saturated heterocycles. The Morgan fingerprint density at radius 3 is 2.66 bits per heavy atom. The smallest absolute Gasteiger partial charge is 0.271 e. The Kier molecular flexibility index (Phi) is 8.52. The van der Waals surface area contributed by atoms with Crippen molar-refractivity contribution in [2.24, 2.45) is 5.10 Å². The molecule has 4 rings (SSSR count). The molecule has 35 heavy (non-hydrogen) atoms. The van der Waals surface area contributed by atoms with E-state index in [1.54, 1.807) is 18.3 Å². The van der Waals surface area contributed by atoms with E-state index in [-0.39, 0.29) is 5.91 Å². The van der Waals surface area contributed by atoms with Gasteiger partial charge in [-0.15, -0.1) is 11.3 Å². The van der Waals surface area contributed by atoms with Crippen molar-refractivity contribution in [1.29, 1.82) is 0 Å².